The van der Waals surface area contributed by atoms with Gasteiger partial charge in [-0.3, -0.25) is 0 Å². The van der Waals surface area contributed by atoms with Crippen LogP contribution in [0.4, 0.5) is 0 Å². The molecule has 0 bridgehead atoms. The largest absolute Gasteiger partial charge is 0.324 e. The minimum atomic E-state index is -0.276. The zero-order valence-corrected chi connectivity index (χ0v) is 8.09. The molecule has 1 atom stereocenters. The van der Waals surface area contributed by atoms with Gasteiger partial charge in [-0.2, -0.15) is 0 Å². The maximum atomic E-state index is 5.87. The van der Waals surface area contributed by atoms with Gasteiger partial charge in [0.05, 0.1) is 0 Å². The number of nitrogens with two attached hydrogens (primary N) is 2. The Morgan fingerprint density at radius 1 is 1.10 bits per heavy atom. The van der Waals surface area contributed by atoms with Crippen LogP contribution in [-0.2, 0) is 0 Å². The van der Waals surface area contributed by atoms with Crippen molar-refractivity contribution in [3.8, 4) is 0 Å². The molecule has 64 valence electrons. The Bertz CT molecular complexity index is 94.3. The Morgan fingerprint density at radius 3 is 1.40 bits per heavy atom. The van der Waals surface area contributed by atoms with Crippen molar-refractivity contribution >= 4 is 12.4 Å². The zero-order chi connectivity index (χ0) is 7.71. The van der Waals surface area contributed by atoms with Gasteiger partial charge in [-0.25, -0.2) is 0 Å². The van der Waals surface area contributed by atoms with Crippen LogP contribution in [0.15, 0.2) is 0 Å². The Morgan fingerprint density at radius 2 is 1.40 bits per heavy atom. The molecular formula is C7H19ClN2. The van der Waals surface area contributed by atoms with Gasteiger partial charge in [0.25, 0.3) is 0 Å². The monoisotopic (exact) mass is 166 g/mol. The summed E-state index contributed by atoms with van der Waals surface area (Å²) >= 11 is 0. The lowest BCUT2D eigenvalue weighted by atomic mass is 9.81. The topological polar surface area (TPSA) is 52.0 Å². The highest BCUT2D eigenvalue weighted by atomic mass is 35.5. The fourth-order valence-electron chi connectivity index (χ4n) is 0.456. The molecule has 0 aliphatic heterocycles. The maximum absolute atomic E-state index is 5.87. The van der Waals surface area contributed by atoms with Crippen molar-refractivity contribution in [3.05, 3.63) is 0 Å². The Labute approximate surface area is 69.8 Å². The molecule has 3 heteroatoms. The van der Waals surface area contributed by atoms with E-state index in [2.05, 4.69) is 6.92 Å². The molecule has 0 saturated carbocycles. The molecular weight excluding hydrogens is 148 g/mol. The highest BCUT2D eigenvalue weighted by Crippen LogP contribution is 2.18. The van der Waals surface area contributed by atoms with Crippen molar-refractivity contribution < 1.29 is 0 Å². The van der Waals surface area contributed by atoms with E-state index in [0.717, 1.165) is 6.42 Å². The van der Waals surface area contributed by atoms with Gasteiger partial charge in [0.2, 0.25) is 0 Å². The van der Waals surface area contributed by atoms with Crippen LogP contribution in [0.5, 0.6) is 0 Å². The first kappa shape index (κ1) is 12.8. The average molecular weight is 167 g/mol. The highest BCUT2D eigenvalue weighted by Gasteiger charge is 2.31. The van der Waals surface area contributed by atoms with E-state index in [1.807, 2.05) is 20.8 Å². The summed E-state index contributed by atoms with van der Waals surface area (Å²) in [5, 5.41) is 0. The lowest BCUT2D eigenvalue weighted by Crippen LogP contribution is -2.60. The second-order valence-electron chi connectivity index (χ2n) is 3.49. The third kappa shape index (κ3) is 2.86. The predicted octanol–water partition coefficient (Wildman–Crippen LogP) is 1.27. The predicted molar refractivity (Wildman–Crippen MR) is 48.4 cm³/mol. The molecule has 0 aromatic carbocycles. The van der Waals surface area contributed by atoms with Crippen LogP contribution in [0.2, 0.25) is 0 Å². The van der Waals surface area contributed by atoms with E-state index in [9.17, 15) is 0 Å². The van der Waals surface area contributed by atoms with Crippen molar-refractivity contribution in [2.75, 3.05) is 0 Å². The highest BCUT2D eigenvalue weighted by molar-refractivity contribution is 5.85. The van der Waals surface area contributed by atoms with Crippen LogP contribution in [0.25, 0.3) is 0 Å². The lowest BCUT2D eigenvalue weighted by Gasteiger charge is -2.37. The Hall–Kier alpha value is 0.210. The number of halogens is 1. The quantitative estimate of drug-likeness (QED) is 0.650. The molecule has 0 spiro atoms. The molecule has 0 amide bonds. The summed E-state index contributed by atoms with van der Waals surface area (Å²) < 4.78 is 0. The van der Waals surface area contributed by atoms with Crippen LogP contribution >= 0.6 is 12.4 Å². The van der Waals surface area contributed by atoms with Crippen LogP contribution in [0.1, 0.15) is 34.1 Å². The first-order valence-corrected chi connectivity index (χ1v) is 3.39. The van der Waals surface area contributed by atoms with E-state index >= 15 is 0 Å². The molecule has 0 aromatic heterocycles. The molecule has 0 heterocycles. The van der Waals surface area contributed by atoms with Gasteiger partial charge in [-0.05, 0) is 27.2 Å². The number of hydrogen-bond acceptors (Lipinski definition) is 2. The SMILES string of the molecule is CCC(C)(N)C(C)(C)N.Cl. The Balaban J connectivity index is 0. The smallest absolute Gasteiger partial charge is 0.0300 e. The van der Waals surface area contributed by atoms with Crippen molar-refractivity contribution in [2.24, 2.45) is 11.5 Å². The second-order valence-corrected chi connectivity index (χ2v) is 3.49. The van der Waals surface area contributed by atoms with E-state index in [-0.39, 0.29) is 23.5 Å². The molecule has 0 saturated heterocycles. The molecule has 2 nitrogen and oxygen atoms in total. The van der Waals surface area contributed by atoms with Crippen molar-refractivity contribution in [1.29, 1.82) is 0 Å². The van der Waals surface area contributed by atoms with E-state index in [4.69, 9.17) is 11.5 Å². The minimum Gasteiger partial charge on any atom is -0.324 e. The zero-order valence-electron chi connectivity index (χ0n) is 7.27. The van der Waals surface area contributed by atoms with E-state index in [1.54, 1.807) is 0 Å². The minimum absolute atomic E-state index is 0. The first-order valence-electron chi connectivity index (χ1n) is 3.39. The van der Waals surface area contributed by atoms with Gasteiger partial charge >= 0.3 is 0 Å². The summed E-state index contributed by atoms with van der Waals surface area (Å²) in [4.78, 5) is 0. The summed E-state index contributed by atoms with van der Waals surface area (Å²) in [5.41, 5.74) is 11.1. The third-order valence-electron chi connectivity index (χ3n) is 2.21. The summed E-state index contributed by atoms with van der Waals surface area (Å²) in [6.07, 6.45) is 0.913. The number of hydrogen-bond donors (Lipinski definition) is 2. The second kappa shape index (κ2) is 3.56. The average Bonchev–Trinajstić information content (AvgIpc) is 1.64. The molecule has 4 N–H and O–H groups in total. The van der Waals surface area contributed by atoms with Gasteiger partial charge in [-0.1, -0.05) is 6.92 Å². The molecule has 0 rings (SSSR count). The van der Waals surface area contributed by atoms with Gasteiger partial charge in [0, 0.05) is 11.1 Å². The van der Waals surface area contributed by atoms with Crippen molar-refractivity contribution in [3.63, 3.8) is 0 Å². The Kier molecular flexibility index (Phi) is 4.57. The van der Waals surface area contributed by atoms with Crippen LogP contribution in [-0.4, -0.2) is 11.1 Å². The van der Waals surface area contributed by atoms with Crippen LogP contribution < -0.4 is 11.5 Å². The van der Waals surface area contributed by atoms with Crippen molar-refractivity contribution in [1.82, 2.24) is 0 Å². The standard InChI is InChI=1S/C7H18N2.ClH/c1-5-7(4,9)6(2,3)8;/h5,8-9H2,1-4H3;1H. The fraction of sp³-hybridized carbons (Fsp3) is 1.00. The third-order valence-corrected chi connectivity index (χ3v) is 2.21. The molecule has 0 radical (unpaired) electrons. The summed E-state index contributed by atoms with van der Waals surface area (Å²) in [6, 6.07) is 0. The summed E-state index contributed by atoms with van der Waals surface area (Å²) in [5.74, 6) is 0. The fourth-order valence-corrected chi connectivity index (χ4v) is 0.456. The van der Waals surface area contributed by atoms with E-state index < -0.39 is 0 Å². The van der Waals surface area contributed by atoms with Gasteiger partial charge in [-0.15, -0.1) is 12.4 Å². The van der Waals surface area contributed by atoms with Crippen LogP contribution in [0, 0.1) is 0 Å². The van der Waals surface area contributed by atoms with Gasteiger partial charge < -0.3 is 11.5 Å². The molecule has 0 fully saturated rings. The van der Waals surface area contributed by atoms with Gasteiger partial charge in [0.15, 0.2) is 0 Å². The molecule has 0 aromatic rings. The van der Waals surface area contributed by atoms with Crippen LogP contribution in [0.3, 0.4) is 0 Å². The van der Waals surface area contributed by atoms with Gasteiger partial charge in [0.1, 0.15) is 0 Å². The van der Waals surface area contributed by atoms with E-state index in [0.29, 0.717) is 0 Å². The van der Waals surface area contributed by atoms with E-state index in [1.165, 1.54) is 0 Å². The van der Waals surface area contributed by atoms with Crippen molar-refractivity contribution in [2.45, 2.75) is 45.2 Å². The first-order chi connectivity index (χ1) is 3.81. The molecule has 1 unspecified atom stereocenters. The lowest BCUT2D eigenvalue weighted by molar-refractivity contribution is 0.275. The number of rotatable bonds is 2. The summed E-state index contributed by atoms with van der Waals surface area (Å²) in [7, 11) is 0. The normalized spacial score (nSPS) is 17.4. The molecule has 10 heavy (non-hydrogen) atoms. The maximum Gasteiger partial charge on any atom is 0.0300 e. The molecule has 0 aliphatic rings. The summed E-state index contributed by atoms with van der Waals surface area (Å²) in [6.45, 7) is 7.94. The molecule has 0 aliphatic carbocycles.